The quantitative estimate of drug-likeness (QED) is 0.685. The van der Waals surface area contributed by atoms with Crippen molar-refractivity contribution in [1.29, 1.82) is 0 Å². The minimum Gasteiger partial charge on any atom is -0.475 e. The highest BCUT2D eigenvalue weighted by Crippen LogP contribution is 2.26. The van der Waals surface area contributed by atoms with Crippen LogP contribution in [0, 0.1) is 0 Å². The van der Waals surface area contributed by atoms with E-state index in [4.69, 9.17) is 15.3 Å². The number of anilines is 1. The van der Waals surface area contributed by atoms with Crippen molar-refractivity contribution in [3.63, 3.8) is 0 Å². The lowest BCUT2D eigenvalue weighted by Gasteiger charge is -2.14. The molecule has 0 unspecified atom stereocenters. The van der Waals surface area contributed by atoms with Gasteiger partial charge >= 0.3 is 5.97 Å². The Morgan fingerprint density at radius 2 is 2.08 bits per heavy atom. The van der Waals surface area contributed by atoms with Gasteiger partial charge in [0.25, 0.3) is 6.01 Å². The lowest BCUT2D eigenvalue weighted by Crippen LogP contribution is -2.16. The molecule has 0 radical (unpaired) electrons. The van der Waals surface area contributed by atoms with Gasteiger partial charge in [0.2, 0.25) is 5.76 Å². The van der Waals surface area contributed by atoms with Gasteiger partial charge in [-0.05, 0) is 0 Å². The zero-order valence-electron chi connectivity index (χ0n) is 7.79. The first-order valence-corrected chi connectivity index (χ1v) is 3.82. The first-order valence-electron chi connectivity index (χ1n) is 3.82. The van der Waals surface area contributed by atoms with Crippen LogP contribution in [0.5, 0.6) is 0 Å². The van der Waals surface area contributed by atoms with Gasteiger partial charge in [-0.1, -0.05) is 20.8 Å². The molecule has 0 saturated carbocycles. The van der Waals surface area contributed by atoms with E-state index in [9.17, 15) is 4.79 Å². The Balaban J connectivity index is 3.28. The van der Waals surface area contributed by atoms with Crippen molar-refractivity contribution >= 4 is 12.0 Å². The number of hydrogen-bond acceptors (Lipinski definition) is 4. The summed E-state index contributed by atoms with van der Waals surface area (Å²) in [6.45, 7) is 5.53. The van der Waals surface area contributed by atoms with Gasteiger partial charge in [0, 0.05) is 5.41 Å². The Bertz CT molecular complexity index is 336. The van der Waals surface area contributed by atoms with Crippen LogP contribution in [0.4, 0.5) is 6.01 Å². The third kappa shape index (κ3) is 1.80. The average Bonchev–Trinajstić information content (AvgIpc) is 2.29. The first kappa shape index (κ1) is 9.57. The summed E-state index contributed by atoms with van der Waals surface area (Å²) in [6.07, 6.45) is 0. The van der Waals surface area contributed by atoms with E-state index in [1.807, 2.05) is 20.8 Å². The van der Waals surface area contributed by atoms with E-state index < -0.39 is 5.97 Å². The molecule has 0 aliphatic heterocycles. The van der Waals surface area contributed by atoms with Crippen LogP contribution in [0.3, 0.4) is 0 Å². The zero-order chi connectivity index (χ0) is 10.2. The predicted octanol–water partition coefficient (Wildman–Crippen LogP) is 1.25. The molecule has 5 nitrogen and oxygen atoms in total. The number of nitrogens with zero attached hydrogens (tertiary/aromatic N) is 1. The smallest absolute Gasteiger partial charge is 0.373 e. The van der Waals surface area contributed by atoms with Gasteiger partial charge in [0.05, 0.1) is 0 Å². The summed E-state index contributed by atoms with van der Waals surface area (Å²) in [6, 6.07) is -0.109. The number of nitrogen functional groups attached to an aromatic ring is 1. The van der Waals surface area contributed by atoms with Crippen molar-refractivity contribution in [2.24, 2.45) is 0 Å². The molecule has 0 aliphatic rings. The van der Waals surface area contributed by atoms with Crippen LogP contribution in [-0.4, -0.2) is 16.1 Å². The number of carboxylic acids is 1. The molecule has 0 atom stereocenters. The van der Waals surface area contributed by atoms with Gasteiger partial charge in [0.1, 0.15) is 5.69 Å². The molecule has 0 saturated heterocycles. The highest BCUT2D eigenvalue weighted by atomic mass is 16.4. The van der Waals surface area contributed by atoms with E-state index in [1.165, 1.54) is 0 Å². The molecule has 3 N–H and O–H groups in total. The molecule has 0 amide bonds. The fourth-order valence-electron chi connectivity index (χ4n) is 0.990. The molecular weight excluding hydrogens is 172 g/mol. The fourth-order valence-corrected chi connectivity index (χ4v) is 0.990. The summed E-state index contributed by atoms with van der Waals surface area (Å²) in [5.41, 5.74) is 5.27. The molecule has 0 spiro atoms. The van der Waals surface area contributed by atoms with Gasteiger partial charge in [-0.15, -0.1) is 0 Å². The highest BCUT2D eigenvalue weighted by molar-refractivity contribution is 5.86. The molecule has 13 heavy (non-hydrogen) atoms. The summed E-state index contributed by atoms with van der Waals surface area (Å²) in [7, 11) is 0. The number of aromatic carboxylic acids is 1. The molecule has 1 heterocycles. The van der Waals surface area contributed by atoms with E-state index in [1.54, 1.807) is 0 Å². The van der Waals surface area contributed by atoms with Gasteiger partial charge in [-0.25, -0.2) is 4.79 Å². The van der Waals surface area contributed by atoms with Crippen LogP contribution in [0.15, 0.2) is 4.42 Å². The topological polar surface area (TPSA) is 89.4 Å². The minimum atomic E-state index is -1.14. The molecule has 0 aromatic carbocycles. The zero-order valence-corrected chi connectivity index (χ0v) is 7.79. The van der Waals surface area contributed by atoms with Crippen molar-refractivity contribution < 1.29 is 14.3 Å². The van der Waals surface area contributed by atoms with Crippen LogP contribution in [0.2, 0.25) is 0 Å². The van der Waals surface area contributed by atoms with Gasteiger partial charge < -0.3 is 15.3 Å². The molecular formula is C8H12N2O3. The van der Waals surface area contributed by atoms with E-state index in [0.29, 0.717) is 5.69 Å². The summed E-state index contributed by atoms with van der Waals surface area (Å²) in [5, 5.41) is 8.75. The van der Waals surface area contributed by atoms with Crippen LogP contribution < -0.4 is 5.73 Å². The molecule has 1 aromatic rings. The Labute approximate surface area is 75.6 Å². The van der Waals surface area contributed by atoms with Gasteiger partial charge in [-0.2, -0.15) is 4.98 Å². The molecule has 72 valence electrons. The van der Waals surface area contributed by atoms with E-state index >= 15 is 0 Å². The first-order chi connectivity index (χ1) is 5.82. The van der Waals surface area contributed by atoms with Crippen molar-refractivity contribution in [1.82, 2.24) is 4.98 Å². The molecule has 1 aromatic heterocycles. The van der Waals surface area contributed by atoms with Crippen LogP contribution in [-0.2, 0) is 5.41 Å². The fraction of sp³-hybridized carbons (Fsp3) is 0.500. The number of rotatable bonds is 1. The molecule has 0 aliphatic carbocycles. The second-order valence-electron chi connectivity index (χ2n) is 3.78. The second-order valence-corrected chi connectivity index (χ2v) is 3.78. The number of hydrogen-bond donors (Lipinski definition) is 2. The maximum Gasteiger partial charge on any atom is 0.373 e. The standard InChI is InChI=1S/C8H12N2O3/c1-8(2,3)5-4(6(11)12)13-7(9)10-5/h1-3H3,(H2,9,10)(H,11,12). The average molecular weight is 184 g/mol. The van der Waals surface area contributed by atoms with Gasteiger partial charge in [0.15, 0.2) is 0 Å². The van der Waals surface area contributed by atoms with E-state index in [0.717, 1.165) is 0 Å². The van der Waals surface area contributed by atoms with E-state index in [-0.39, 0.29) is 17.2 Å². The largest absolute Gasteiger partial charge is 0.475 e. The van der Waals surface area contributed by atoms with Crippen molar-refractivity contribution in [3.05, 3.63) is 11.5 Å². The van der Waals surface area contributed by atoms with Gasteiger partial charge in [-0.3, -0.25) is 0 Å². The number of carbonyl (C=O) groups is 1. The Kier molecular flexibility index (Phi) is 2.03. The lowest BCUT2D eigenvalue weighted by molar-refractivity contribution is 0.0660. The maximum atomic E-state index is 10.7. The van der Waals surface area contributed by atoms with Crippen LogP contribution in [0.1, 0.15) is 37.0 Å². The molecule has 0 bridgehead atoms. The Morgan fingerprint density at radius 1 is 1.54 bits per heavy atom. The number of oxazole rings is 1. The summed E-state index contributed by atoms with van der Waals surface area (Å²) >= 11 is 0. The molecule has 0 fully saturated rings. The summed E-state index contributed by atoms with van der Waals surface area (Å²) < 4.78 is 4.77. The number of aromatic nitrogens is 1. The third-order valence-corrected chi connectivity index (χ3v) is 1.55. The van der Waals surface area contributed by atoms with Crippen molar-refractivity contribution in [3.8, 4) is 0 Å². The highest BCUT2D eigenvalue weighted by Gasteiger charge is 2.27. The number of nitrogens with two attached hydrogens (primary N) is 1. The normalized spacial score (nSPS) is 11.6. The van der Waals surface area contributed by atoms with Crippen LogP contribution >= 0.6 is 0 Å². The maximum absolute atomic E-state index is 10.7. The lowest BCUT2D eigenvalue weighted by atomic mass is 9.91. The molecule has 5 heteroatoms. The SMILES string of the molecule is CC(C)(C)c1nc(N)oc1C(=O)O. The van der Waals surface area contributed by atoms with E-state index in [2.05, 4.69) is 4.98 Å². The van der Waals surface area contributed by atoms with Crippen molar-refractivity contribution in [2.45, 2.75) is 26.2 Å². The number of carboxylic acid groups (broad SMARTS) is 1. The minimum absolute atomic E-state index is 0.109. The molecule has 1 rings (SSSR count). The van der Waals surface area contributed by atoms with Crippen LogP contribution in [0.25, 0.3) is 0 Å². The predicted molar refractivity (Wildman–Crippen MR) is 46.6 cm³/mol. The monoisotopic (exact) mass is 184 g/mol. The third-order valence-electron chi connectivity index (χ3n) is 1.55. The second kappa shape index (κ2) is 2.76. The summed E-state index contributed by atoms with van der Waals surface area (Å²) in [5.74, 6) is -1.32. The Morgan fingerprint density at radius 3 is 2.38 bits per heavy atom. The Hall–Kier alpha value is -1.52. The van der Waals surface area contributed by atoms with Crippen molar-refractivity contribution in [2.75, 3.05) is 5.73 Å². The summed E-state index contributed by atoms with van der Waals surface area (Å²) in [4.78, 5) is 14.5.